The van der Waals surface area contributed by atoms with Gasteiger partial charge in [0.2, 0.25) is 5.95 Å². The van der Waals surface area contributed by atoms with Gasteiger partial charge in [-0.05, 0) is 33.1 Å². The molecule has 0 amide bonds. The molecule has 1 aliphatic carbocycles. The van der Waals surface area contributed by atoms with Crippen molar-refractivity contribution in [1.82, 2.24) is 19.5 Å². The summed E-state index contributed by atoms with van der Waals surface area (Å²) in [7, 11) is 0. The number of ether oxygens (including phenoxy) is 1. The smallest absolute Gasteiger partial charge is 0.224 e. The predicted octanol–water partition coefficient (Wildman–Crippen LogP) is 0.742. The van der Waals surface area contributed by atoms with Gasteiger partial charge in [0.25, 0.3) is 0 Å². The lowest BCUT2D eigenvalue weighted by atomic mass is 9.78. The third-order valence-electron chi connectivity index (χ3n) is 5.47. The number of nitrogens with one attached hydrogen (secondary N) is 1. The average Bonchev–Trinajstić information content (AvgIpc) is 3.06. The third-order valence-corrected chi connectivity index (χ3v) is 5.47. The zero-order chi connectivity index (χ0) is 18.7. The van der Waals surface area contributed by atoms with Gasteiger partial charge in [-0.25, -0.2) is 9.37 Å². The minimum atomic E-state index is -2.13. The Balaban J connectivity index is 1.77. The van der Waals surface area contributed by atoms with Gasteiger partial charge in [-0.2, -0.15) is 9.97 Å². The van der Waals surface area contributed by atoms with E-state index in [2.05, 4.69) is 27.2 Å². The number of hydrogen-bond donors (Lipinski definition) is 4. The van der Waals surface area contributed by atoms with Crippen LogP contribution >= 0.6 is 0 Å². The second kappa shape index (κ2) is 5.73. The normalized spacial score (nSPS) is 33.3. The molecule has 26 heavy (non-hydrogen) atoms. The summed E-state index contributed by atoms with van der Waals surface area (Å²) in [6.45, 7) is 2.83. The lowest BCUT2D eigenvalue weighted by molar-refractivity contribution is -0.0566. The molecular formula is C16H23FN6O3. The molecule has 2 aromatic heterocycles. The van der Waals surface area contributed by atoms with E-state index < -0.39 is 30.7 Å². The highest BCUT2D eigenvalue weighted by atomic mass is 19.1. The number of hydrogen-bond acceptors (Lipinski definition) is 8. The molecule has 2 fully saturated rings. The minimum Gasteiger partial charge on any atom is -0.394 e. The van der Waals surface area contributed by atoms with E-state index in [-0.39, 0.29) is 11.5 Å². The Morgan fingerprint density at radius 1 is 1.42 bits per heavy atom. The first-order chi connectivity index (χ1) is 12.2. The summed E-state index contributed by atoms with van der Waals surface area (Å²) in [5.74, 6) is 0.522. The Hall–Kier alpha value is -2.04. The molecule has 0 bridgehead atoms. The average molecular weight is 366 g/mol. The summed E-state index contributed by atoms with van der Waals surface area (Å²) in [6.07, 6.45) is 0.857. The maximum absolute atomic E-state index is 15.1. The molecule has 4 atom stereocenters. The molecular weight excluding hydrogens is 343 g/mol. The van der Waals surface area contributed by atoms with Crippen LogP contribution in [0.2, 0.25) is 0 Å². The number of halogens is 1. The van der Waals surface area contributed by atoms with Gasteiger partial charge in [0.15, 0.2) is 28.9 Å². The Labute approximate surface area is 149 Å². The van der Waals surface area contributed by atoms with Crippen molar-refractivity contribution in [2.24, 2.45) is 0 Å². The van der Waals surface area contributed by atoms with Gasteiger partial charge in [-0.3, -0.25) is 4.57 Å². The highest BCUT2D eigenvalue weighted by Crippen LogP contribution is 2.43. The summed E-state index contributed by atoms with van der Waals surface area (Å²) >= 11 is 0. The maximum atomic E-state index is 15.1. The van der Waals surface area contributed by atoms with E-state index in [1.165, 1.54) is 17.8 Å². The van der Waals surface area contributed by atoms with Gasteiger partial charge < -0.3 is 26.0 Å². The summed E-state index contributed by atoms with van der Waals surface area (Å²) in [6, 6.07) is 0. The molecule has 9 nitrogen and oxygen atoms in total. The van der Waals surface area contributed by atoms with E-state index in [4.69, 9.17) is 10.5 Å². The Morgan fingerprint density at radius 2 is 2.15 bits per heavy atom. The maximum Gasteiger partial charge on any atom is 0.224 e. The van der Waals surface area contributed by atoms with Crippen LogP contribution in [0.3, 0.4) is 0 Å². The number of aliphatic hydroxyl groups is 2. The van der Waals surface area contributed by atoms with Crippen LogP contribution in [0.4, 0.5) is 16.2 Å². The molecule has 1 saturated heterocycles. The molecule has 0 spiro atoms. The first-order valence-corrected chi connectivity index (χ1v) is 8.67. The summed E-state index contributed by atoms with van der Waals surface area (Å²) < 4.78 is 22.0. The predicted molar refractivity (Wildman–Crippen MR) is 92.1 cm³/mol. The second-order valence-corrected chi connectivity index (χ2v) is 7.60. The van der Waals surface area contributed by atoms with Crippen molar-refractivity contribution in [2.75, 3.05) is 17.7 Å². The zero-order valence-electron chi connectivity index (χ0n) is 14.7. The molecule has 0 radical (unpaired) electrons. The number of nitrogens with two attached hydrogens (primary N) is 1. The Kier molecular flexibility index (Phi) is 3.83. The van der Waals surface area contributed by atoms with Crippen molar-refractivity contribution in [2.45, 2.75) is 62.8 Å². The van der Waals surface area contributed by atoms with E-state index in [1.54, 1.807) is 0 Å². The van der Waals surface area contributed by atoms with Crippen LogP contribution in [0, 0.1) is 0 Å². The van der Waals surface area contributed by atoms with Crippen LogP contribution in [0.5, 0.6) is 0 Å². The van der Waals surface area contributed by atoms with Crippen LogP contribution in [0.15, 0.2) is 6.33 Å². The van der Waals surface area contributed by atoms with Crippen molar-refractivity contribution < 1.29 is 19.3 Å². The highest BCUT2D eigenvalue weighted by Gasteiger charge is 2.55. The van der Waals surface area contributed by atoms with Crippen molar-refractivity contribution in [3.63, 3.8) is 0 Å². The van der Waals surface area contributed by atoms with Crippen molar-refractivity contribution in [3.8, 4) is 0 Å². The van der Waals surface area contributed by atoms with Gasteiger partial charge in [-0.15, -0.1) is 0 Å². The third kappa shape index (κ3) is 2.51. The first-order valence-electron chi connectivity index (χ1n) is 8.67. The zero-order valence-corrected chi connectivity index (χ0v) is 14.7. The minimum absolute atomic E-state index is 0.0301. The molecule has 142 valence electrons. The molecule has 2 aliphatic rings. The Morgan fingerprint density at radius 3 is 2.73 bits per heavy atom. The van der Waals surface area contributed by atoms with Crippen molar-refractivity contribution >= 4 is 22.9 Å². The fourth-order valence-corrected chi connectivity index (χ4v) is 3.67. The fraction of sp³-hybridized carbons (Fsp3) is 0.688. The van der Waals surface area contributed by atoms with E-state index >= 15 is 4.39 Å². The lowest BCUT2D eigenvalue weighted by Crippen LogP contribution is -2.42. The summed E-state index contributed by atoms with van der Waals surface area (Å²) in [4.78, 5) is 12.8. The molecule has 3 heterocycles. The number of alkyl halides is 1. The van der Waals surface area contributed by atoms with E-state index in [9.17, 15) is 10.2 Å². The van der Waals surface area contributed by atoms with E-state index in [0.717, 1.165) is 19.3 Å². The van der Waals surface area contributed by atoms with Gasteiger partial charge in [-0.1, -0.05) is 0 Å². The molecule has 0 aromatic carbocycles. The molecule has 1 saturated carbocycles. The Bertz CT molecular complexity index is 837. The summed E-state index contributed by atoms with van der Waals surface area (Å²) in [5, 5.41) is 22.8. The number of rotatable bonds is 4. The van der Waals surface area contributed by atoms with Crippen LogP contribution < -0.4 is 11.1 Å². The molecule has 10 heteroatoms. The SMILES string of the molecule is CC1(Nc2nc(N)nc3c2ncn3[C@@H]2O[C@H](CO)[C@@H](O)[C@@]2(C)F)CCC1. The summed E-state index contributed by atoms with van der Waals surface area (Å²) in [5.41, 5.74) is 4.41. The number of aromatic nitrogens is 4. The molecule has 2 aromatic rings. The topological polar surface area (TPSA) is 131 Å². The highest BCUT2D eigenvalue weighted by molar-refractivity contribution is 5.84. The van der Waals surface area contributed by atoms with Crippen LogP contribution in [-0.2, 0) is 4.74 Å². The molecule has 1 aliphatic heterocycles. The number of fused-ring (bicyclic) bond motifs is 1. The first kappa shape index (κ1) is 17.4. The largest absolute Gasteiger partial charge is 0.394 e. The van der Waals surface area contributed by atoms with Crippen molar-refractivity contribution in [3.05, 3.63) is 6.33 Å². The van der Waals surface area contributed by atoms with Crippen LogP contribution in [-0.4, -0.2) is 59.8 Å². The molecule has 4 rings (SSSR count). The van der Waals surface area contributed by atoms with E-state index in [1.807, 2.05) is 0 Å². The molecule has 5 N–H and O–H groups in total. The van der Waals surface area contributed by atoms with Gasteiger partial charge in [0, 0.05) is 5.54 Å². The standard InChI is InChI=1S/C16H23FN6O3/c1-15(4-3-5-15)22-11-9-12(21-14(18)20-11)23(7-19-9)13-16(2,17)10(25)8(6-24)26-13/h7-8,10,13,24-25H,3-6H2,1-2H3,(H3,18,20,21,22)/t8-,10-,13-,16-/m1/s1. The number of aliphatic hydroxyl groups excluding tert-OH is 2. The van der Waals surface area contributed by atoms with Crippen molar-refractivity contribution in [1.29, 1.82) is 0 Å². The monoisotopic (exact) mass is 366 g/mol. The fourth-order valence-electron chi connectivity index (χ4n) is 3.67. The van der Waals surface area contributed by atoms with Crippen LogP contribution in [0.1, 0.15) is 39.3 Å². The van der Waals surface area contributed by atoms with Gasteiger partial charge >= 0.3 is 0 Å². The van der Waals surface area contributed by atoms with E-state index in [0.29, 0.717) is 17.0 Å². The van der Waals surface area contributed by atoms with Gasteiger partial charge in [0.05, 0.1) is 12.9 Å². The van der Waals surface area contributed by atoms with Gasteiger partial charge in [0.1, 0.15) is 12.2 Å². The quantitative estimate of drug-likeness (QED) is 0.623. The molecule has 0 unspecified atom stereocenters. The number of anilines is 2. The lowest BCUT2D eigenvalue weighted by Gasteiger charge is -2.39. The second-order valence-electron chi connectivity index (χ2n) is 7.60. The number of nitrogen functional groups attached to an aromatic ring is 1. The van der Waals surface area contributed by atoms with Crippen LogP contribution in [0.25, 0.3) is 11.2 Å². The number of imidazole rings is 1. The number of nitrogens with zero attached hydrogens (tertiary/aromatic N) is 4.